The van der Waals surface area contributed by atoms with Gasteiger partial charge in [0.1, 0.15) is 11.9 Å². The molecule has 1 rings (SSSR count). The minimum Gasteiger partial charge on any atom is -0.487 e. The van der Waals surface area contributed by atoms with Gasteiger partial charge in [0.05, 0.1) is 6.61 Å². The summed E-state index contributed by atoms with van der Waals surface area (Å²) < 4.78 is 11.1. The first-order chi connectivity index (χ1) is 8.47. The van der Waals surface area contributed by atoms with Crippen LogP contribution in [0.2, 0.25) is 0 Å². The molecule has 0 bridgehead atoms. The normalized spacial score (nSPS) is 13.4. The van der Waals surface area contributed by atoms with Gasteiger partial charge in [0.25, 0.3) is 0 Å². The standard InChI is InChI=1S/C15H25NO2/c1-15(2,3)12-7-6-8-13(9-12)18-14(10-16-4)11-17-5/h6-9,14,16H,10-11H2,1-5H3. The quantitative estimate of drug-likeness (QED) is 0.843. The van der Waals surface area contributed by atoms with Crippen LogP contribution in [0, 0.1) is 0 Å². The van der Waals surface area contributed by atoms with Crippen molar-refractivity contribution >= 4 is 0 Å². The fourth-order valence-corrected chi connectivity index (χ4v) is 1.78. The van der Waals surface area contributed by atoms with Crippen LogP contribution in [0.15, 0.2) is 24.3 Å². The highest BCUT2D eigenvalue weighted by molar-refractivity contribution is 5.32. The lowest BCUT2D eigenvalue weighted by Gasteiger charge is -2.22. The predicted molar refractivity (Wildman–Crippen MR) is 75.4 cm³/mol. The van der Waals surface area contributed by atoms with Crippen molar-refractivity contribution in [2.24, 2.45) is 0 Å². The maximum absolute atomic E-state index is 5.94. The average molecular weight is 251 g/mol. The van der Waals surface area contributed by atoms with Gasteiger partial charge in [0.2, 0.25) is 0 Å². The molecule has 1 atom stereocenters. The van der Waals surface area contributed by atoms with Crippen molar-refractivity contribution in [1.82, 2.24) is 5.32 Å². The van der Waals surface area contributed by atoms with Crippen LogP contribution in [-0.4, -0.2) is 33.4 Å². The van der Waals surface area contributed by atoms with E-state index in [2.05, 4.69) is 38.2 Å². The molecule has 0 amide bonds. The summed E-state index contributed by atoms with van der Waals surface area (Å²) in [6, 6.07) is 8.28. The second-order valence-electron chi connectivity index (χ2n) is 5.53. The first-order valence-corrected chi connectivity index (χ1v) is 6.38. The van der Waals surface area contributed by atoms with Crippen LogP contribution in [0.1, 0.15) is 26.3 Å². The lowest BCUT2D eigenvalue weighted by atomic mass is 9.87. The van der Waals surface area contributed by atoms with Crippen LogP contribution >= 0.6 is 0 Å². The summed E-state index contributed by atoms with van der Waals surface area (Å²) in [5.41, 5.74) is 1.42. The van der Waals surface area contributed by atoms with Gasteiger partial charge in [0, 0.05) is 13.7 Å². The summed E-state index contributed by atoms with van der Waals surface area (Å²) in [5, 5.41) is 3.11. The van der Waals surface area contributed by atoms with Crippen molar-refractivity contribution in [1.29, 1.82) is 0 Å². The lowest BCUT2D eigenvalue weighted by Crippen LogP contribution is -2.33. The number of methoxy groups -OCH3 is 1. The largest absolute Gasteiger partial charge is 0.487 e. The summed E-state index contributed by atoms with van der Waals surface area (Å²) in [5.74, 6) is 0.903. The number of likely N-dealkylation sites (N-methyl/N-ethyl adjacent to an activating group) is 1. The number of benzene rings is 1. The first-order valence-electron chi connectivity index (χ1n) is 6.38. The van der Waals surface area contributed by atoms with Gasteiger partial charge in [0.15, 0.2) is 0 Å². The lowest BCUT2D eigenvalue weighted by molar-refractivity contribution is 0.0817. The van der Waals surface area contributed by atoms with E-state index in [0.29, 0.717) is 6.61 Å². The monoisotopic (exact) mass is 251 g/mol. The van der Waals surface area contributed by atoms with E-state index >= 15 is 0 Å². The number of hydrogen-bond acceptors (Lipinski definition) is 3. The Hall–Kier alpha value is -1.06. The molecule has 3 nitrogen and oxygen atoms in total. The Bertz CT molecular complexity index is 352. The van der Waals surface area contributed by atoms with Gasteiger partial charge in [-0.1, -0.05) is 32.9 Å². The van der Waals surface area contributed by atoms with E-state index in [0.717, 1.165) is 12.3 Å². The zero-order valence-corrected chi connectivity index (χ0v) is 12.1. The molecule has 0 saturated carbocycles. The SMILES string of the molecule is CNCC(COC)Oc1cccc(C(C)(C)C)c1. The van der Waals surface area contributed by atoms with E-state index in [1.54, 1.807) is 7.11 Å². The summed E-state index contributed by atoms with van der Waals surface area (Å²) >= 11 is 0. The van der Waals surface area contributed by atoms with Crippen molar-refractivity contribution in [3.63, 3.8) is 0 Å². The molecular weight excluding hydrogens is 226 g/mol. The van der Waals surface area contributed by atoms with Crippen molar-refractivity contribution in [2.75, 3.05) is 27.3 Å². The Morgan fingerprint density at radius 2 is 2.00 bits per heavy atom. The molecule has 1 unspecified atom stereocenters. The van der Waals surface area contributed by atoms with E-state index in [1.807, 2.05) is 19.2 Å². The average Bonchev–Trinajstić information content (AvgIpc) is 2.29. The molecule has 0 aliphatic carbocycles. The van der Waals surface area contributed by atoms with Gasteiger partial charge in [-0.15, -0.1) is 0 Å². The van der Waals surface area contributed by atoms with Gasteiger partial charge in [-0.05, 0) is 30.2 Å². The molecule has 3 heteroatoms. The molecule has 0 fully saturated rings. The summed E-state index contributed by atoms with van der Waals surface area (Å²) in [4.78, 5) is 0. The van der Waals surface area contributed by atoms with Crippen LogP contribution in [0.3, 0.4) is 0 Å². The van der Waals surface area contributed by atoms with E-state index in [4.69, 9.17) is 9.47 Å². The molecule has 0 aliphatic heterocycles. The van der Waals surface area contributed by atoms with Crippen molar-refractivity contribution < 1.29 is 9.47 Å². The molecular formula is C15H25NO2. The molecule has 0 radical (unpaired) electrons. The third-order valence-corrected chi connectivity index (χ3v) is 2.79. The van der Waals surface area contributed by atoms with Crippen LogP contribution in [-0.2, 0) is 10.2 Å². The molecule has 0 spiro atoms. The van der Waals surface area contributed by atoms with E-state index in [1.165, 1.54) is 5.56 Å². The molecule has 0 aromatic heterocycles. The molecule has 1 aromatic carbocycles. The molecule has 18 heavy (non-hydrogen) atoms. The zero-order valence-electron chi connectivity index (χ0n) is 12.1. The highest BCUT2D eigenvalue weighted by atomic mass is 16.5. The van der Waals surface area contributed by atoms with Gasteiger partial charge in [-0.25, -0.2) is 0 Å². The summed E-state index contributed by atoms with van der Waals surface area (Å²) in [7, 11) is 3.61. The third kappa shape index (κ3) is 4.67. The second kappa shape index (κ2) is 6.76. The van der Waals surface area contributed by atoms with Gasteiger partial charge in [-0.2, -0.15) is 0 Å². The Morgan fingerprint density at radius 1 is 1.28 bits per heavy atom. The fraction of sp³-hybridized carbons (Fsp3) is 0.600. The fourth-order valence-electron chi connectivity index (χ4n) is 1.78. The molecule has 1 N–H and O–H groups in total. The molecule has 0 aliphatic rings. The van der Waals surface area contributed by atoms with E-state index in [-0.39, 0.29) is 11.5 Å². The summed E-state index contributed by atoms with van der Waals surface area (Å²) in [6.45, 7) is 7.96. The molecule has 1 aromatic rings. The Labute approximate surface area is 110 Å². The third-order valence-electron chi connectivity index (χ3n) is 2.79. The number of hydrogen-bond donors (Lipinski definition) is 1. The highest BCUT2D eigenvalue weighted by Crippen LogP contribution is 2.26. The van der Waals surface area contributed by atoms with Crippen molar-refractivity contribution in [3.05, 3.63) is 29.8 Å². The minimum absolute atomic E-state index is 0.0372. The number of nitrogens with one attached hydrogen (secondary N) is 1. The van der Waals surface area contributed by atoms with Crippen LogP contribution < -0.4 is 10.1 Å². The number of rotatable bonds is 6. The van der Waals surface area contributed by atoms with Crippen molar-refractivity contribution in [2.45, 2.75) is 32.3 Å². The van der Waals surface area contributed by atoms with Crippen LogP contribution in [0.25, 0.3) is 0 Å². The van der Waals surface area contributed by atoms with E-state index < -0.39 is 0 Å². The smallest absolute Gasteiger partial charge is 0.134 e. The number of ether oxygens (including phenoxy) is 2. The topological polar surface area (TPSA) is 30.5 Å². The Balaban J connectivity index is 2.77. The van der Waals surface area contributed by atoms with Crippen LogP contribution in [0.5, 0.6) is 5.75 Å². The minimum atomic E-state index is 0.0372. The van der Waals surface area contributed by atoms with Crippen LogP contribution in [0.4, 0.5) is 0 Å². The molecule has 102 valence electrons. The Kier molecular flexibility index (Phi) is 5.63. The Morgan fingerprint density at radius 3 is 2.56 bits per heavy atom. The van der Waals surface area contributed by atoms with Crippen molar-refractivity contribution in [3.8, 4) is 5.75 Å². The maximum atomic E-state index is 5.94. The molecule has 0 heterocycles. The van der Waals surface area contributed by atoms with Gasteiger partial charge < -0.3 is 14.8 Å². The van der Waals surface area contributed by atoms with Gasteiger partial charge in [-0.3, -0.25) is 0 Å². The summed E-state index contributed by atoms with van der Waals surface area (Å²) in [6.07, 6.45) is 0.0372. The predicted octanol–water partition coefficient (Wildman–Crippen LogP) is 2.60. The highest BCUT2D eigenvalue weighted by Gasteiger charge is 2.15. The second-order valence-corrected chi connectivity index (χ2v) is 5.53. The zero-order chi connectivity index (χ0) is 13.6. The molecule has 0 saturated heterocycles. The van der Waals surface area contributed by atoms with Gasteiger partial charge >= 0.3 is 0 Å². The van der Waals surface area contributed by atoms with E-state index in [9.17, 15) is 0 Å². The first kappa shape index (κ1) is 15.0. The maximum Gasteiger partial charge on any atom is 0.134 e.